The summed E-state index contributed by atoms with van der Waals surface area (Å²) >= 11 is 0. The fourth-order valence-corrected chi connectivity index (χ4v) is 1.49. The van der Waals surface area contributed by atoms with Gasteiger partial charge in [0.05, 0.1) is 13.2 Å². The predicted octanol–water partition coefficient (Wildman–Crippen LogP) is -2.17. The van der Waals surface area contributed by atoms with Crippen LogP contribution in [0.15, 0.2) is 0 Å². The maximum Gasteiger partial charge on any atom is 0.184 e. The van der Waals surface area contributed by atoms with Crippen molar-refractivity contribution in [3.05, 3.63) is 0 Å². The van der Waals surface area contributed by atoms with Crippen LogP contribution >= 0.6 is 0 Å². The van der Waals surface area contributed by atoms with E-state index in [4.69, 9.17) is 14.6 Å². The Labute approximate surface area is 63.2 Å². The van der Waals surface area contributed by atoms with Gasteiger partial charge in [0, 0.05) is 0 Å². The summed E-state index contributed by atoms with van der Waals surface area (Å²) in [6.07, 6.45) is -3.13. The SMILES string of the molecule is OC1OC2COCC2(O)C1O. The Morgan fingerprint density at radius 2 is 2.09 bits per heavy atom. The van der Waals surface area contributed by atoms with Gasteiger partial charge in [0.15, 0.2) is 6.29 Å². The van der Waals surface area contributed by atoms with Crippen LogP contribution in [0.2, 0.25) is 0 Å². The monoisotopic (exact) mass is 162 g/mol. The molecule has 0 aromatic carbocycles. The van der Waals surface area contributed by atoms with Gasteiger partial charge in [-0.15, -0.1) is 0 Å². The maximum atomic E-state index is 9.61. The normalized spacial score (nSPS) is 56.5. The minimum absolute atomic E-state index is 0.0237. The van der Waals surface area contributed by atoms with Crippen LogP contribution in [0.25, 0.3) is 0 Å². The van der Waals surface area contributed by atoms with E-state index in [2.05, 4.69) is 0 Å². The van der Waals surface area contributed by atoms with Crippen LogP contribution in [0.1, 0.15) is 0 Å². The van der Waals surface area contributed by atoms with Crippen LogP contribution in [-0.2, 0) is 9.47 Å². The van der Waals surface area contributed by atoms with Gasteiger partial charge in [-0.05, 0) is 0 Å². The number of aliphatic hydroxyl groups is 3. The molecule has 0 aromatic rings. The van der Waals surface area contributed by atoms with Crippen LogP contribution in [0, 0.1) is 0 Å². The molecule has 0 spiro atoms. The van der Waals surface area contributed by atoms with Crippen LogP contribution in [0.5, 0.6) is 0 Å². The molecule has 2 rings (SSSR count). The molecule has 2 fully saturated rings. The second-order valence-electron chi connectivity index (χ2n) is 2.97. The molecule has 5 nitrogen and oxygen atoms in total. The van der Waals surface area contributed by atoms with Crippen molar-refractivity contribution in [3.63, 3.8) is 0 Å². The standard InChI is InChI=1S/C6H10O5/c7-4-5(8)11-3-1-10-2-6(3,4)9/h3-5,7-9H,1-2H2. The molecule has 11 heavy (non-hydrogen) atoms. The van der Waals surface area contributed by atoms with Gasteiger partial charge in [0.1, 0.15) is 17.8 Å². The second kappa shape index (κ2) is 2.15. The molecule has 2 aliphatic heterocycles. The summed E-state index contributed by atoms with van der Waals surface area (Å²) in [6, 6.07) is 0. The summed E-state index contributed by atoms with van der Waals surface area (Å²) in [6.45, 7) is 0.251. The zero-order valence-corrected chi connectivity index (χ0v) is 5.80. The molecule has 64 valence electrons. The number of rotatable bonds is 0. The maximum absolute atomic E-state index is 9.61. The molecule has 4 unspecified atom stereocenters. The summed E-state index contributed by atoms with van der Waals surface area (Å²) in [7, 11) is 0. The number of fused-ring (bicyclic) bond motifs is 1. The first-order valence-electron chi connectivity index (χ1n) is 3.46. The highest BCUT2D eigenvalue weighted by atomic mass is 16.7. The van der Waals surface area contributed by atoms with E-state index in [1.54, 1.807) is 0 Å². The molecule has 0 aromatic heterocycles. The van der Waals surface area contributed by atoms with Gasteiger partial charge in [-0.3, -0.25) is 0 Å². The minimum Gasteiger partial charge on any atom is -0.385 e. The fraction of sp³-hybridized carbons (Fsp3) is 1.00. The van der Waals surface area contributed by atoms with Crippen LogP contribution < -0.4 is 0 Å². The molecule has 5 heteroatoms. The number of hydrogen-bond acceptors (Lipinski definition) is 5. The summed E-state index contributed by atoms with van der Waals surface area (Å²) in [5.74, 6) is 0. The summed E-state index contributed by atoms with van der Waals surface area (Å²) < 4.78 is 9.72. The summed E-state index contributed by atoms with van der Waals surface area (Å²) in [4.78, 5) is 0. The topological polar surface area (TPSA) is 79.2 Å². The Kier molecular flexibility index (Phi) is 1.45. The highest BCUT2D eigenvalue weighted by molar-refractivity contribution is 5.03. The van der Waals surface area contributed by atoms with E-state index in [0.29, 0.717) is 0 Å². The van der Waals surface area contributed by atoms with Crippen LogP contribution in [0.3, 0.4) is 0 Å². The molecular weight excluding hydrogens is 152 g/mol. The smallest absolute Gasteiger partial charge is 0.184 e. The van der Waals surface area contributed by atoms with Crippen molar-refractivity contribution in [2.45, 2.75) is 24.1 Å². The highest BCUT2D eigenvalue weighted by Gasteiger charge is 2.58. The van der Waals surface area contributed by atoms with Gasteiger partial charge >= 0.3 is 0 Å². The number of hydrogen-bond donors (Lipinski definition) is 3. The summed E-state index contributed by atoms with van der Waals surface area (Å²) in [5, 5.41) is 27.8. The third-order valence-corrected chi connectivity index (χ3v) is 2.25. The third-order valence-electron chi connectivity index (χ3n) is 2.25. The Balaban J connectivity index is 2.23. The lowest BCUT2D eigenvalue weighted by Crippen LogP contribution is -2.47. The van der Waals surface area contributed by atoms with Crippen LogP contribution in [0.4, 0.5) is 0 Å². The quantitative estimate of drug-likeness (QED) is 0.377. The Bertz CT molecular complexity index is 168. The largest absolute Gasteiger partial charge is 0.385 e. The van der Waals surface area contributed by atoms with Crippen molar-refractivity contribution in [2.75, 3.05) is 13.2 Å². The van der Waals surface area contributed by atoms with Crippen molar-refractivity contribution >= 4 is 0 Å². The van der Waals surface area contributed by atoms with E-state index in [0.717, 1.165) is 0 Å². The van der Waals surface area contributed by atoms with Gasteiger partial charge in [-0.2, -0.15) is 0 Å². The van der Waals surface area contributed by atoms with Crippen molar-refractivity contribution in [1.29, 1.82) is 0 Å². The molecule has 0 amide bonds. The summed E-state index contributed by atoms with van der Waals surface area (Å²) in [5.41, 5.74) is -1.40. The Morgan fingerprint density at radius 3 is 2.73 bits per heavy atom. The van der Waals surface area contributed by atoms with Gasteiger partial charge in [0.25, 0.3) is 0 Å². The second-order valence-corrected chi connectivity index (χ2v) is 2.97. The Morgan fingerprint density at radius 1 is 1.36 bits per heavy atom. The Hall–Kier alpha value is -0.200. The molecular formula is C6H10O5. The fourth-order valence-electron chi connectivity index (χ4n) is 1.49. The number of aliphatic hydroxyl groups excluding tert-OH is 2. The molecule has 2 saturated heterocycles. The average molecular weight is 162 g/mol. The van der Waals surface area contributed by atoms with E-state index >= 15 is 0 Å². The lowest BCUT2D eigenvalue weighted by molar-refractivity contribution is -0.143. The highest BCUT2D eigenvalue weighted by Crippen LogP contribution is 2.34. The molecule has 0 radical (unpaired) electrons. The molecule has 3 N–H and O–H groups in total. The van der Waals surface area contributed by atoms with Gasteiger partial charge in [0.2, 0.25) is 0 Å². The molecule has 2 aliphatic rings. The minimum atomic E-state index is -1.40. The van der Waals surface area contributed by atoms with Crippen molar-refractivity contribution < 1.29 is 24.8 Å². The van der Waals surface area contributed by atoms with Crippen molar-refractivity contribution in [3.8, 4) is 0 Å². The van der Waals surface area contributed by atoms with E-state index in [-0.39, 0.29) is 13.2 Å². The van der Waals surface area contributed by atoms with E-state index in [1.807, 2.05) is 0 Å². The first-order valence-corrected chi connectivity index (χ1v) is 3.46. The molecule has 0 aliphatic carbocycles. The predicted molar refractivity (Wildman–Crippen MR) is 32.7 cm³/mol. The average Bonchev–Trinajstić information content (AvgIpc) is 2.39. The number of ether oxygens (including phenoxy) is 2. The zero-order valence-electron chi connectivity index (χ0n) is 5.80. The van der Waals surface area contributed by atoms with Gasteiger partial charge < -0.3 is 24.8 Å². The van der Waals surface area contributed by atoms with E-state index in [1.165, 1.54) is 0 Å². The molecule has 2 heterocycles. The van der Waals surface area contributed by atoms with Gasteiger partial charge in [-0.1, -0.05) is 0 Å². The lowest BCUT2D eigenvalue weighted by Gasteiger charge is -2.21. The third kappa shape index (κ3) is 0.830. The molecule has 0 bridgehead atoms. The van der Waals surface area contributed by atoms with Gasteiger partial charge in [-0.25, -0.2) is 0 Å². The first kappa shape index (κ1) is 7.45. The lowest BCUT2D eigenvalue weighted by atomic mass is 9.96. The van der Waals surface area contributed by atoms with E-state index in [9.17, 15) is 10.2 Å². The van der Waals surface area contributed by atoms with Crippen molar-refractivity contribution in [1.82, 2.24) is 0 Å². The zero-order chi connectivity index (χ0) is 8.06. The van der Waals surface area contributed by atoms with E-state index < -0.39 is 24.1 Å². The molecule has 4 atom stereocenters. The molecule has 0 saturated carbocycles. The van der Waals surface area contributed by atoms with Crippen molar-refractivity contribution in [2.24, 2.45) is 0 Å². The van der Waals surface area contributed by atoms with Crippen LogP contribution in [-0.4, -0.2) is 52.6 Å². The first-order chi connectivity index (χ1) is 5.14.